The number of likely N-dealkylation sites (tertiary alicyclic amines) is 1. The summed E-state index contributed by atoms with van der Waals surface area (Å²) in [6, 6.07) is 0. The zero-order valence-electron chi connectivity index (χ0n) is 12.9. The van der Waals surface area contributed by atoms with Crippen molar-refractivity contribution in [3.05, 3.63) is 0 Å². The smallest absolute Gasteiger partial charge is 0.0564 e. The van der Waals surface area contributed by atoms with Gasteiger partial charge in [-0.3, -0.25) is 0 Å². The van der Waals surface area contributed by atoms with Gasteiger partial charge in [0.15, 0.2) is 0 Å². The van der Waals surface area contributed by atoms with Gasteiger partial charge in [0.2, 0.25) is 0 Å². The number of hydrogen-bond donors (Lipinski definition) is 2. The summed E-state index contributed by atoms with van der Waals surface area (Å²) in [6.07, 6.45) is 3.00. The molecule has 0 saturated carbocycles. The second kappa shape index (κ2) is 6.36. The molecule has 0 aromatic rings. The van der Waals surface area contributed by atoms with E-state index in [9.17, 15) is 5.11 Å². The fourth-order valence-corrected chi connectivity index (χ4v) is 2.39. The van der Waals surface area contributed by atoms with Gasteiger partial charge >= 0.3 is 0 Å². The van der Waals surface area contributed by atoms with Crippen LogP contribution in [0.3, 0.4) is 0 Å². The maximum Gasteiger partial charge on any atom is 0.0564 e. The van der Waals surface area contributed by atoms with Gasteiger partial charge < -0.3 is 15.3 Å². The maximum absolute atomic E-state index is 9.55. The molecular weight excluding hydrogens is 224 g/mol. The Balaban J connectivity index is 2.44. The van der Waals surface area contributed by atoms with E-state index in [0.717, 1.165) is 39.0 Å². The highest BCUT2D eigenvalue weighted by Gasteiger charge is 2.28. The average Bonchev–Trinajstić information content (AvgIpc) is 2.29. The Bertz CT molecular complexity index is 241. The summed E-state index contributed by atoms with van der Waals surface area (Å²) in [5.74, 6) is 0. The number of nitrogens with zero attached hydrogens (tertiary/aromatic N) is 1. The van der Waals surface area contributed by atoms with Crippen LogP contribution in [0.4, 0.5) is 0 Å². The summed E-state index contributed by atoms with van der Waals surface area (Å²) >= 11 is 0. The lowest BCUT2D eigenvalue weighted by Gasteiger charge is -2.39. The Labute approximate surface area is 113 Å². The average molecular weight is 256 g/mol. The molecule has 0 aromatic heterocycles. The number of nitrogens with one attached hydrogen (secondary N) is 1. The van der Waals surface area contributed by atoms with Gasteiger partial charge in [-0.2, -0.15) is 0 Å². The number of rotatable bonds is 5. The summed E-state index contributed by atoms with van der Waals surface area (Å²) in [4.78, 5) is 2.51. The Morgan fingerprint density at radius 3 is 2.17 bits per heavy atom. The molecule has 1 aliphatic rings. The molecule has 3 heteroatoms. The SMILES string of the molecule is CCC(C)(CNC(C)(C)C)CN1CCC(O)CC1. The Morgan fingerprint density at radius 1 is 1.17 bits per heavy atom. The van der Waals surface area contributed by atoms with Crippen molar-refractivity contribution in [2.45, 2.75) is 65.5 Å². The van der Waals surface area contributed by atoms with Gasteiger partial charge in [0.05, 0.1) is 6.10 Å². The van der Waals surface area contributed by atoms with Crippen molar-refractivity contribution in [2.24, 2.45) is 5.41 Å². The molecule has 1 fully saturated rings. The first-order valence-corrected chi connectivity index (χ1v) is 7.39. The van der Waals surface area contributed by atoms with Crippen LogP contribution >= 0.6 is 0 Å². The van der Waals surface area contributed by atoms with E-state index in [1.807, 2.05) is 0 Å². The van der Waals surface area contributed by atoms with E-state index in [4.69, 9.17) is 0 Å². The van der Waals surface area contributed by atoms with Crippen molar-refractivity contribution in [3.63, 3.8) is 0 Å². The fraction of sp³-hybridized carbons (Fsp3) is 1.00. The maximum atomic E-state index is 9.55. The van der Waals surface area contributed by atoms with E-state index in [1.54, 1.807) is 0 Å². The van der Waals surface area contributed by atoms with Gasteiger partial charge in [-0.05, 0) is 45.4 Å². The summed E-state index contributed by atoms with van der Waals surface area (Å²) in [6.45, 7) is 15.6. The van der Waals surface area contributed by atoms with Gasteiger partial charge in [-0.1, -0.05) is 13.8 Å². The molecule has 0 amide bonds. The number of aliphatic hydroxyl groups is 1. The Morgan fingerprint density at radius 2 is 1.72 bits per heavy atom. The minimum Gasteiger partial charge on any atom is -0.393 e. The van der Waals surface area contributed by atoms with Crippen molar-refractivity contribution in [1.82, 2.24) is 10.2 Å². The third kappa shape index (κ3) is 5.68. The number of aliphatic hydroxyl groups excluding tert-OH is 1. The minimum absolute atomic E-state index is 0.0677. The van der Waals surface area contributed by atoms with E-state index >= 15 is 0 Å². The van der Waals surface area contributed by atoms with Crippen molar-refractivity contribution in [2.75, 3.05) is 26.2 Å². The van der Waals surface area contributed by atoms with Crippen molar-refractivity contribution in [1.29, 1.82) is 0 Å². The van der Waals surface area contributed by atoms with E-state index in [1.165, 1.54) is 6.42 Å². The largest absolute Gasteiger partial charge is 0.393 e. The van der Waals surface area contributed by atoms with Crippen LogP contribution in [0.2, 0.25) is 0 Å². The Hall–Kier alpha value is -0.120. The molecule has 0 aliphatic carbocycles. The lowest BCUT2D eigenvalue weighted by molar-refractivity contribution is 0.0571. The molecule has 3 nitrogen and oxygen atoms in total. The Kier molecular flexibility index (Phi) is 5.63. The van der Waals surface area contributed by atoms with Crippen LogP contribution in [0.5, 0.6) is 0 Å². The monoisotopic (exact) mass is 256 g/mol. The predicted molar refractivity (Wildman–Crippen MR) is 77.8 cm³/mol. The second-order valence-electron chi connectivity index (χ2n) is 7.28. The summed E-state index contributed by atoms with van der Waals surface area (Å²) in [5, 5.41) is 13.2. The summed E-state index contributed by atoms with van der Waals surface area (Å²) in [7, 11) is 0. The van der Waals surface area contributed by atoms with Gasteiger partial charge in [-0.25, -0.2) is 0 Å². The molecular formula is C15H32N2O. The molecule has 0 aromatic carbocycles. The third-order valence-corrected chi connectivity index (χ3v) is 4.06. The molecule has 18 heavy (non-hydrogen) atoms. The van der Waals surface area contributed by atoms with Gasteiger partial charge in [0.1, 0.15) is 0 Å². The summed E-state index contributed by atoms with van der Waals surface area (Å²) in [5.41, 5.74) is 0.518. The zero-order valence-corrected chi connectivity index (χ0v) is 12.9. The standard InChI is InChI=1S/C15H32N2O/c1-6-15(5,11-16-14(2,3)4)12-17-9-7-13(18)8-10-17/h13,16,18H,6-12H2,1-5H3. The fourth-order valence-electron chi connectivity index (χ4n) is 2.39. The second-order valence-corrected chi connectivity index (χ2v) is 7.28. The zero-order chi connectivity index (χ0) is 13.8. The summed E-state index contributed by atoms with van der Waals surface area (Å²) < 4.78 is 0. The van der Waals surface area contributed by atoms with Gasteiger partial charge in [0, 0.05) is 31.7 Å². The lowest BCUT2D eigenvalue weighted by atomic mass is 9.85. The van der Waals surface area contributed by atoms with Crippen LogP contribution in [0.15, 0.2) is 0 Å². The molecule has 108 valence electrons. The quantitative estimate of drug-likeness (QED) is 0.792. The van der Waals surface area contributed by atoms with Crippen LogP contribution in [0, 0.1) is 5.41 Å². The normalized spacial score (nSPS) is 23.0. The number of piperidine rings is 1. The first-order chi connectivity index (χ1) is 8.24. The van der Waals surface area contributed by atoms with Crippen LogP contribution < -0.4 is 5.32 Å². The van der Waals surface area contributed by atoms with Crippen LogP contribution in [0.25, 0.3) is 0 Å². The van der Waals surface area contributed by atoms with Gasteiger partial charge in [-0.15, -0.1) is 0 Å². The molecule has 1 saturated heterocycles. The lowest BCUT2D eigenvalue weighted by Crippen LogP contribution is -2.49. The minimum atomic E-state index is -0.0677. The molecule has 1 aliphatic heterocycles. The van der Waals surface area contributed by atoms with Crippen LogP contribution in [-0.4, -0.2) is 47.8 Å². The highest BCUT2D eigenvalue weighted by atomic mass is 16.3. The molecule has 1 atom stereocenters. The molecule has 1 rings (SSSR count). The highest BCUT2D eigenvalue weighted by Crippen LogP contribution is 2.24. The van der Waals surface area contributed by atoms with E-state index in [0.29, 0.717) is 5.41 Å². The van der Waals surface area contributed by atoms with Crippen molar-refractivity contribution >= 4 is 0 Å². The number of hydrogen-bond acceptors (Lipinski definition) is 3. The van der Waals surface area contributed by atoms with Gasteiger partial charge in [0.25, 0.3) is 0 Å². The van der Waals surface area contributed by atoms with Crippen LogP contribution in [0.1, 0.15) is 53.9 Å². The molecule has 2 N–H and O–H groups in total. The van der Waals surface area contributed by atoms with E-state index in [2.05, 4.69) is 44.8 Å². The van der Waals surface area contributed by atoms with Crippen LogP contribution in [-0.2, 0) is 0 Å². The first kappa shape index (κ1) is 15.9. The predicted octanol–water partition coefficient (Wildman–Crippen LogP) is 2.25. The molecule has 1 unspecified atom stereocenters. The molecule has 0 radical (unpaired) electrons. The first-order valence-electron chi connectivity index (χ1n) is 7.39. The topological polar surface area (TPSA) is 35.5 Å². The van der Waals surface area contributed by atoms with Crippen molar-refractivity contribution in [3.8, 4) is 0 Å². The molecule has 0 bridgehead atoms. The van der Waals surface area contributed by atoms with E-state index < -0.39 is 0 Å². The molecule has 0 spiro atoms. The third-order valence-electron chi connectivity index (χ3n) is 4.06. The highest BCUT2D eigenvalue weighted by molar-refractivity contribution is 4.84. The van der Waals surface area contributed by atoms with E-state index in [-0.39, 0.29) is 11.6 Å². The molecule has 1 heterocycles. The van der Waals surface area contributed by atoms with Crippen molar-refractivity contribution < 1.29 is 5.11 Å².